The van der Waals surface area contributed by atoms with E-state index in [-0.39, 0.29) is 6.54 Å². The van der Waals surface area contributed by atoms with E-state index >= 15 is 0 Å². The predicted molar refractivity (Wildman–Crippen MR) is 96.1 cm³/mol. The fraction of sp³-hybridized carbons (Fsp3) is 0.278. The highest BCUT2D eigenvalue weighted by Gasteiger charge is 2.35. The zero-order valence-corrected chi connectivity index (χ0v) is 15.5. The zero-order chi connectivity index (χ0) is 18.7. The van der Waals surface area contributed by atoms with Crippen molar-refractivity contribution in [2.75, 3.05) is 13.7 Å². The smallest absolute Gasteiger partial charge is 0.348 e. The molecule has 1 aliphatic rings. The summed E-state index contributed by atoms with van der Waals surface area (Å²) < 4.78 is 10.4. The van der Waals surface area contributed by atoms with Crippen molar-refractivity contribution in [1.29, 1.82) is 0 Å². The number of thiophene rings is 1. The van der Waals surface area contributed by atoms with Gasteiger partial charge in [0.2, 0.25) is 0 Å². The van der Waals surface area contributed by atoms with E-state index < -0.39 is 30.5 Å². The Kier molecular flexibility index (Phi) is 5.58. The minimum atomic E-state index is -0.739. The lowest BCUT2D eigenvalue weighted by Crippen LogP contribution is -2.50. The van der Waals surface area contributed by atoms with Gasteiger partial charge in [-0.2, -0.15) is 0 Å². The first-order valence-corrected chi connectivity index (χ1v) is 9.05. The van der Waals surface area contributed by atoms with Crippen LogP contribution in [0.3, 0.4) is 0 Å². The van der Waals surface area contributed by atoms with Crippen molar-refractivity contribution in [3.05, 3.63) is 56.7 Å². The van der Waals surface area contributed by atoms with Gasteiger partial charge in [0, 0.05) is 13.0 Å². The maximum absolute atomic E-state index is 12.6. The molecule has 1 aliphatic heterocycles. The summed E-state index contributed by atoms with van der Waals surface area (Å²) in [5.74, 6) is -1.57. The highest BCUT2D eigenvalue weighted by atomic mass is 35.5. The van der Waals surface area contributed by atoms with Gasteiger partial charge in [-0.1, -0.05) is 35.9 Å². The third kappa shape index (κ3) is 3.89. The van der Waals surface area contributed by atoms with E-state index in [4.69, 9.17) is 21.1 Å². The second-order valence-corrected chi connectivity index (χ2v) is 7.43. The van der Waals surface area contributed by atoms with Crippen molar-refractivity contribution in [2.24, 2.45) is 0 Å². The molecule has 1 atom stereocenters. The van der Waals surface area contributed by atoms with Crippen molar-refractivity contribution < 1.29 is 23.9 Å². The second-order valence-electron chi connectivity index (χ2n) is 5.71. The Balaban J connectivity index is 1.71. The van der Waals surface area contributed by atoms with Gasteiger partial charge in [0.1, 0.15) is 10.9 Å². The maximum Gasteiger partial charge on any atom is 0.348 e. The van der Waals surface area contributed by atoms with E-state index in [9.17, 15) is 14.4 Å². The van der Waals surface area contributed by atoms with Crippen LogP contribution in [0.2, 0.25) is 4.34 Å². The van der Waals surface area contributed by atoms with Gasteiger partial charge in [0.05, 0.1) is 11.4 Å². The van der Waals surface area contributed by atoms with Gasteiger partial charge in [-0.25, -0.2) is 9.59 Å². The van der Waals surface area contributed by atoms with Gasteiger partial charge in [-0.05, 0) is 23.3 Å². The maximum atomic E-state index is 12.6. The van der Waals surface area contributed by atoms with Crippen LogP contribution in [0.25, 0.3) is 0 Å². The minimum absolute atomic E-state index is 0.261. The third-order valence-electron chi connectivity index (χ3n) is 4.14. The molecule has 0 fully saturated rings. The summed E-state index contributed by atoms with van der Waals surface area (Å²) in [6.07, 6.45) is 0.364. The molecule has 0 bridgehead atoms. The Hall–Kier alpha value is -2.38. The van der Waals surface area contributed by atoms with Crippen LogP contribution in [0.15, 0.2) is 36.4 Å². The molecule has 6 nitrogen and oxygen atoms in total. The lowest BCUT2D eigenvalue weighted by Gasteiger charge is -2.35. The normalized spacial score (nSPS) is 15.9. The van der Waals surface area contributed by atoms with Gasteiger partial charge in [0.15, 0.2) is 6.61 Å². The fourth-order valence-electron chi connectivity index (χ4n) is 2.84. The number of methoxy groups -OCH3 is 1. The summed E-state index contributed by atoms with van der Waals surface area (Å²) in [7, 11) is 1.28. The van der Waals surface area contributed by atoms with E-state index in [1.165, 1.54) is 18.1 Å². The van der Waals surface area contributed by atoms with E-state index in [1.807, 2.05) is 24.3 Å². The summed E-state index contributed by atoms with van der Waals surface area (Å²) in [6, 6.07) is 9.97. The summed E-state index contributed by atoms with van der Waals surface area (Å²) in [5.41, 5.74) is 1.95. The number of nitrogens with zero attached hydrogens (tertiary/aromatic N) is 1. The first-order chi connectivity index (χ1) is 12.5. The van der Waals surface area contributed by atoms with Crippen LogP contribution in [-0.2, 0) is 32.0 Å². The fourth-order valence-corrected chi connectivity index (χ4v) is 3.77. The van der Waals surface area contributed by atoms with Gasteiger partial charge < -0.3 is 14.4 Å². The SMILES string of the molecule is COC(=O)[C@H]1Cc2ccccc2CN1C(=O)COC(=O)c1ccc(Cl)s1. The molecule has 0 saturated heterocycles. The van der Waals surface area contributed by atoms with Crippen LogP contribution in [-0.4, -0.2) is 42.5 Å². The number of esters is 2. The molecule has 2 aromatic rings. The first kappa shape index (κ1) is 18.4. The topological polar surface area (TPSA) is 72.9 Å². The van der Waals surface area contributed by atoms with Gasteiger partial charge >= 0.3 is 11.9 Å². The molecule has 1 aromatic heterocycles. The van der Waals surface area contributed by atoms with Crippen LogP contribution < -0.4 is 0 Å². The van der Waals surface area contributed by atoms with Crippen molar-refractivity contribution in [2.45, 2.75) is 19.0 Å². The van der Waals surface area contributed by atoms with E-state index in [0.29, 0.717) is 15.6 Å². The molecule has 0 aliphatic carbocycles. The zero-order valence-electron chi connectivity index (χ0n) is 13.9. The number of fused-ring (bicyclic) bond motifs is 1. The van der Waals surface area contributed by atoms with Gasteiger partial charge in [0.25, 0.3) is 5.91 Å². The molecule has 0 N–H and O–H groups in total. The second kappa shape index (κ2) is 7.88. The first-order valence-electron chi connectivity index (χ1n) is 7.86. The Morgan fingerprint density at radius 3 is 2.58 bits per heavy atom. The van der Waals surface area contributed by atoms with Crippen LogP contribution in [0.4, 0.5) is 0 Å². The van der Waals surface area contributed by atoms with E-state index in [1.54, 1.807) is 6.07 Å². The van der Waals surface area contributed by atoms with E-state index in [2.05, 4.69) is 0 Å². The number of hydrogen-bond donors (Lipinski definition) is 0. The van der Waals surface area contributed by atoms with Crippen LogP contribution in [0, 0.1) is 0 Å². The lowest BCUT2D eigenvalue weighted by atomic mass is 9.94. The molecule has 1 amide bonds. The minimum Gasteiger partial charge on any atom is -0.467 e. The molecule has 0 radical (unpaired) electrons. The molecule has 3 rings (SSSR count). The number of carbonyl (C=O) groups excluding carboxylic acids is 3. The van der Waals surface area contributed by atoms with Crippen molar-refractivity contribution in [3.8, 4) is 0 Å². The molecule has 136 valence electrons. The third-order valence-corrected chi connectivity index (χ3v) is 5.35. The molecule has 1 aromatic carbocycles. The molecule has 0 unspecified atom stereocenters. The Bertz CT molecular complexity index is 850. The van der Waals surface area contributed by atoms with Gasteiger partial charge in [-0.15, -0.1) is 11.3 Å². The summed E-state index contributed by atoms with van der Waals surface area (Å²) in [4.78, 5) is 38.4. The Labute approximate surface area is 159 Å². The van der Waals surface area contributed by atoms with Crippen molar-refractivity contribution in [1.82, 2.24) is 4.90 Å². The number of hydrogen-bond acceptors (Lipinski definition) is 6. The summed E-state index contributed by atoms with van der Waals surface area (Å²) in [6.45, 7) is -0.193. The number of amides is 1. The van der Waals surface area contributed by atoms with E-state index in [0.717, 1.165) is 22.5 Å². The summed E-state index contributed by atoms with van der Waals surface area (Å²) >= 11 is 6.87. The van der Waals surface area contributed by atoms with Gasteiger partial charge in [-0.3, -0.25) is 4.79 Å². The standard InChI is InChI=1S/C18H16ClNO5S/c1-24-17(22)13-8-11-4-2-3-5-12(11)9-20(13)16(21)10-25-18(23)14-6-7-15(19)26-14/h2-7,13H,8-10H2,1H3/t13-/m1/s1. The van der Waals surface area contributed by atoms with Crippen molar-refractivity contribution in [3.63, 3.8) is 0 Å². The lowest BCUT2D eigenvalue weighted by molar-refractivity contribution is -0.155. The molecular formula is C18H16ClNO5S. The largest absolute Gasteiger partial charge is 0.467 e. The number of ether oxygens (including phenoxy) is 2. The average molecular weight is 394 g/mol. The molecule has 0 spiro atoms. The van der Waals surface area contributed by atoms with Crippen LogP contribution in [0.5, 0.6) is 0 Å². The molecular weight excluding hydrogens is 378 g/mol. The highest BCUT2D eigenvalue weighted by Crippen LogP contribution is 2.25. The number of carbonyl (C=O) groups is 3. The number of benzene rings is 1. The molecule has 8 heteroatoms. The quantitative estimate of drug-likeness (QED) is 0.747. The average Bonchev–Trinajstić information content (AvgIpc) is 3.10. The molecule has 26 heavy (non-hydrogen) atoms. The molecule has 0 saturated carbocycles. The Morgan fingerprint density at radius 2 is 1.92 bits per heavy atom. The van der Waals surface area contributed by atoms with Crippen molar-refractivity contribution >= 4 is 40.8 Å². The van der Waals surface area contributed by atoms with Crippen LogP contribution in [0.1, 0.15) is 20.8 Å². The summed E-state index contributed by atoms with van der Waals surface area (Å²) in [5, 5.41) is 0. The Morgan fingerprint density at radius 1 is 1.19 bits per heavy atom. The highest BCUT2D eigenvalue weighted by molar-refractivity contribution is 7.17. The number of rotatable bonds is 4. The monoisotopic (exact) mass is 393 g/mol. The predicted octanol–water partition coefficient (Wildman–Crippen LogP) is 2.68. The van der Waals surface area contributed by atoms with Crippen LogP contribution >= 0.6 is 22.9 Å². The number of halogens is 1. The molecule has 2 heterocycles.